The molecule has 2 aromatic heterocycles. The van der Waals surface area contributed by atoms with Crippen LogP contribution in [0.3, 0.4) is 0 Å². The minimum Gasteiger partial charge on any atom is -0.507 e. The molecule has 0 aliphatic carbocycles. The Morgan fingerprint density at radius 3 is 2.66 bits per heavy atom. The summed E-state index contributed by atoms with van der Waals surface area (Å²) in [6, 6.07) is 4.35. The lowest BCUT2D eigenvalue weighted by molar-refractivity contribution is -0.141. The molecule has 1 aromatic carbocycles. The van der Waals surface area contributed by atoms with Crippen LogP contribution in [0.2, 0.25) is 0 Å². The van der Waals surface area contributed by atoms with Crippen LogP contribution in [0.4, 0.5) is 27.8 Å². The smallest absolute Gasteiger partial charge is 0.406 e. The average molecular weight is 496 g/mol. The number of nitrogens with zero attached hydrogens (tertiary/aromatic N) is 5. The van der Waals surface area contributed by atoms with Crippen molar-refractivity contribution in [3.63, 3.8) is 0 Å². The molecule has 2 aliphatic heterocycles. The first-order chi connectivity index (χ1) is 16.4. The van der Waals surface area contributed by atoms with Crippen molar-refractivity contribution in [1.29, 1.82) is 0 Å². The molecule has 13 heteroatoms. The highest BCUT2D eigenvalue weighted by molar-refractivity contribution is 5.86. The molecular weight excluding hydrogens is 475 g/mol. The minimum absolute atomic E-state index is 0.0929. The summed E-state index contributed by atoms with van der Waals surface area (Å²) < 4.78 is 66.5. The largest absolute Gasteiger partial charge is 0.507 e. The number of fused-ring (bicyclic) bond motifs is 3. The Kier molecular flexibility index (Phi) is 5.42. The van der Waals surface area contributed by atoms with Crippen molar-refractivity contribution >= 4 is 16.7 Å². The van der Waals surface area contributed by atoms with E-state index in [1.807, 2.05) is 4.90 Å². The van der Waals surface area contributed by atoms with Crippen LogP contribution in [-0.2, 0) is 6.54 Å². The third-order valence-corrected chi connectivity index (χ3v) is 6.66. The SMILES string of the molecule is CN(c1ccc(-c2cc3ncn(CC(F)(F)F)c(=O)c3cc2O)nn1)[C@H]1C[C@@H]2CC(F)(F)[C@@H](C1)N2. The molecule has 3 aromatic rings. The summed E-state index contributed by atoms with van der Waals surface area (Å²) in [6.07, 6.45) is -3.15. The van der Waals surface area contributed by atoms with Crippen molar-refractivity contribution in [1.82, 2.24) is 25.1 Å². The number of alkyl halides is 5. The van der Waals surface area contributed by atoms with Crippen molar-refractivity contribution in [2.75, 3.05) is 11.9 Å². The number of aromatic hydroxyl groups is 1. The van der Waals surface area contributed by atoms with Gasteiger partial charge in [-0.15, -0.1) is 10.2 Å². The first-order valence-corrected chi connectivity index (χ1v) is 10.9. The first-order valence-electron chi connectivity index (χ1n) is 10.9. The normalized spacial score (nSPS) is 23.5. The van der Waals surface area contributed by atoms with Crippen molar-refractivity contribution in [3.05, 3.63) is 40.9 Å². The molecule has 35 heavy (non-hydrogen) atoms. The van der Waals surface area contributed by atoms with Crippen molar-refractivity contribution < 1.29 is 27.1 Å². The number of halogens is 5. The maximum atomic E-state index is 14.0. The van der Waals surface area contributed by atoms with Gasteiger partial charge in [0.2, 0.25) is 0 Å². The van der Waals surface area contributed by atoms with E-state index in [1.165, 1.54) is 6.07 Å². The van der Waals surface area contributed by atoms with Crippen LogP contribution in [0.1, 0.15) is 19.3 Å². The lowest BCUT2D eigenvalue weighted by Crippen LogP contribution is -2.49. The van der Waals surface area contributed by atoms with Crippen LogP contribution in [0.15, 0.2) is 35.4 Å². The van der Waals surface area contributed by atoms with E-state index >= 15 is 0 Å². The molecule has 5 rings (SSSR count). The fraction of sp³-hybridized carbons (Fsp3) is 0.455. The number of aromatic nitrogens is 4. The standard InChI is InChI=1S/C22H21F5N6O2/c1-32(12-4-11-8-21(23,24)18(5-12)29-11)19-3-2-15(30-31-19)13-6-16-14(7-17(13)34)20(35)33(10-28-16)9-22(25,26)27/h2-3,6-7,10-12,18,29,34H,4-5,8-9H2,1H3/t11-,12+,18-/m1/s1. The van der Waals surface area contributed by atoms with Gasteiger partial charge in [0.15, 0.2) is 5.82 Å². The maximum absolute atomic E-state index is 14.0. The molecule has 8 nitrogen and oxygen atoms in total. The molecule has 0 saturated carbocycles. The Morgan fingerprint density at radius 2 is 2.00 bits per heavy atom. The number of hydrogen-bond donors (Lipinski definition) is 2. The number of phenols is 1. The van der Waals surface area contributed by atoms with Gasteiger partial charge in [-0.3, -0.25) is 9.36 Å². The molecule has 0 unspecified atom stereocenters. The Morgan fingerprint density at radius 1 is 1.23 bits per heavy atom. The lowest BCUT2D eigenvalue weighted by Gasteiger charge is -2.36. The number of nitrogens with one attached hydrogen (secondary N) is 1. The van der Waals surface area contributed by atoms with E-state index in [9.17, 15) is 31.9 Å². The number of rotatable bonds is 4. The summed E-state index contributed by atoms with van der Waals surface area (Å²) >= 11 is 0. The van der Waals surface area contributed by atoms with Gasteiger partial charge in [-0.2, -0.15) is 13.2 Å². The summed E-state index contributed by atoms with van der Waals surface area (Å²) in [4.78, 5) is 18.1. The van der Waals surface area contributed by atoms with Gasteiger partial charge in [0.05, 0.1) is 29.0 Å². The van der Waals surface area contributed by atoms with E-state index < -0.39 is 30.2 Å². The predicted octanol–water partition coefficient (Wildman–Crippen LogP) is 3.09. The Labute approximate surface area is 195 Å². The summed E-state index contributed by atoms with van der Waals surface area (Å²) in [5.74, 6) is -2.63. The molecule has 2 fully saturated rings. The van der Waals surface area contributed by atoms with E-state index in [0.29, 0.717) is 16.8 Å². The van der Waals surface area contributed by atoms with Gasteiger partial charge in [0.1, 0.15) is 12.3 Å². The topological polar surface area (TPSA) is 96.2 Å². The molecule has 2 aliphatic rings. The number of hydrogen-bond acceptors (Lipinski definition) is 7. The molecule has 4 heterocycles. The van der Waals surface area contributed by atoms with E-state index in [2.05, 4.69) is 20.5 Å². The number of benzene rings is 1. The van der Waals surface area contributed by atoms with Crippen LogP contribution in [0, 0.1) is 0 Å². The summed E-state index contributed by atoms with van der Waals surface area (Å²) in [6.45, 7) is -1.49. The molecule has 186 valence electrons. The molecule has 2 bridgehead atoms. The molecule has 2 saturated heterocycles. The van der Waals surface area contributed by atoms with Gasteiger partial charge >= 0.3 is 6.18 Å². The minimum atomic E-state index is -4.60. The second-order valence-electron chi connectivity index (χ2n) is 9.07. The summed E-state index contributed by atoms with van der Waals surface area (Å²) in [7, 11) is 1.76. The van der Waals surface area contributed by atoms with Gasteiger partial charge in [-0.05, 0) is 37.1 Å². The third kappa shape index (κ3) is 4.40. The van der Waals surface area contributed by atoms with Crippen LogP contribution in [-0.4, -0.2) is 62.1 Å². The van der Waals surface area contributed by atoms with Crippen LogP contribution < -0.4 is 15.8 Å². The number of piperidine rings is 1. The second kappa shape index (κ2) is 8.11. The van der Waals surface area contributed by atoms with Gasteiger partial charge in [0, 0.05) is 31.1 Å². The highest BCUT2D eigenvalue weighted by Gasteiger charge is 2.53. The zero-order valence-electron chi connectivity index (χ0n) is 18.4. The zero-order chi connectivity index (χ0) is 25.1. The number of phenolic OH excluding ortho intramolecular Hbond substituents is 1. The third-order valence-electron chi connectivity index (χ3n) is 6.66. The monoisotopic (exact) mass is 496 g/mol. The molecular formula is C22H21F5N6O2. The Hall–Kier alpha value is -3.35. The molecule has 0 spiro atoms. The summed E-state index contributed by atoms with van der Waals surface area (Å²) in [5.41, 5.74) is -0.395. The highest BCUT2D eigenvalue weighted by Crippen LogP contribution is 2.41. The van der Waals surface area contributed by atoms with Crippen LogP contribution in [0.5, 0.6) is 5.75 Å². The van der Waals surface area contributed by atoms with Gasteiger partial charge in [-0.1, -0.05) is 0 Å². The van der Waals surface area contributed by atoms with Crippen molar-refractivity contribution in [2.24, 2.45) is 0 Å². The molecule has 0 amide bonds. The van der Waals surface area contributed by atoms with E-state index in [4.69, 9.17) is 0 Å². The average Bonchev–Trinajstić information content (AvgIpc) is 3.00. The van der Waals surface area contributed by atoms with Gasteiger partial charge in [0.25, 0.3) is 11.5 Å². The Balaban J connectivity index is 1.39. The van der Waals surface area contributed by atoms with E-state index in [0.717, 1.165) is 12.4 Å². The van der Waals surface area contributed by atoms with Crippen molar-refractivity contribution in [3.8, 4) is 17.0 Å². The number of anilines is 1. The quantitative estimate of drug-likeness (QED) is 0.536. The van der Waals surface area contributed by atoms with Gasteiger partial charge in [-0.25, -0.2) is 13.8 Å². The zero-order valence-corrected chi connectivity index (χ0v) is 18.4. The maximum Gasteiger partial charge on any atom is 0.406 e. The van der Waals surface area contributed by atoms with E-state index in [-0.39, 0.29) is 52.8 Å². The second-order valence-corrected chi connectivity index (χ2v) is 9.07. The predicted molar refractivity (Wildman–Crippen MR) is 116 cm³/mol. The van der Waals surface area contributed by atoms with Gasteiger partial charge < -0.3 is 15.3 Å². The first kappa shape index (κ1) is 23.4. The van der Waals surface area contributed by atoms with Crippen LogP contribution in [0.25, 0.3) is 22.2 Å². The highest BCUT2D eigenvalue weighted by atomic mass is 19.4. The lowest BCUT2D eigenvalue weighted by atomic mass is 9.98. The fourth-order valence-corrected chi connectivity index (χ4v) is 4.89. The van der Waals surface area contributed by atoms with Crippen LogP contribution >= 0.6 is 0 Å². The molecule has 2 N–H and O–H groups in total. The van der Waals surface area contributed by atoms with Crippen molar-refractivity contribution in [2.45, 2.75) is 56.0 Å². The fourth-order valence-electron chi connectivity index (χ4n) is 4.89. The Bertz CT molecular complexity index is 1330. The molecule has 0 radical (unpaired) electrons. The summed E-state index contributed by atoms with van der Waals surface area (Å²) in [5, 5.41) is 21.5. The van der Waals surface area contributed by atoms with E-state index in [1.54, 1.807) is 19.2 Å². The molecule has 3 atom stereocenters.